The molecule has 90 valence electrons. The van der Waals surface area contributed by atoms with Crippen molar-refractivity contribution in [3.63, 3.8) is 0 Å². The minimum Gasteiger partial charge on any atom is -0.343 e. The van der Waals surface area contributed by atoms with Crippen LogP contribution in [0, 0.1) is 5.92 Å². The van der Waals surface area contributed by atoms with Gasteiger partial charge in [0, 0.05) is 7.05 Å². The Hall–Kier alpha value is -1.06. The minimum atomic E-state index is -0.364. The molecular weight excluding hydrogens is 204 g/mol. The fraction of sp³-hybridized carbons (Fsp3) is 0.833. The summed E-state index contributed by atoms with van der Waals surface area (Å²) in [6.45, 7) is 1.74. The van der Waals surface area contributed by atoms with E-state index in [1.807, 2.05) is 0 Å². The van der Waals surface area contributed by atoms with Crippen LogP contribution in [0.4, 0.5) is 0 Å². The van der Waals surface area contributed by atoms with Crippen LogP contribution >= 0.6 is 0 Å². The lowest BCUT2D eigenvalue weighted by Crippen LogP contribution is -2.63. The zero-order chi connectivity index (χ0) is 11.7. The van der Waals surface area contributed by atoms with Crippen molar-refractivity contribution in [3.05, 3.63) is 0 Å². The molecule has 1 N–H and O–H groups in total. The number of hydrogen-bond acceptors (Lipinski definition) is 2. The van der Waals surface area contributed by atoms with E-state index < -0.39 is 0 Å². The van der Waals surface area contributed by atoms with Gasteiger partial charge in [0.05, 0.1) is 0 Å². The molecule has 1 saturated carbocycles. The average molecular weight is 224 g/mol. The lowest BCUT2D eigenvalue weighted by Gasteiger charge is -2.40. The maximum Gasteiger partial charge on any atom is 0.245 e. The van der Waals surface area contributed by atoms with E-state index in [0.29, 0.717) is 5.92 Å². The summed E-state index contributed by atoms with van der Waals surface area (Å²) >= 11 is 0. The smallest absolute Gasteiger partial charge is 0.245 e. The van der Waals surface area contributed by atoms with Crippen LogP contribution in [0.1, 0.15) is 39.0 Å². The predicted molar refractivity (Wildman–Crippen MR) is 60.7 cm³/mol. The lowest BCUT2D eigenvalue weighted by atomic mass is 9.82. The van der Waals surface area contributed by atoms with E-state index in [0.717, 1.165) is 12.8 Å². The molecule has 16 heavy (non-hydrogen) atoms. The van der Waals surface area contributed by atoms with Crippen molar-refractivity contribution in [1.29, 1.82) is 0 Å². The number of amides is 2. The van der Waals surface area contributed by atoms with Crippen molar-refractivity contribution in [1.82, 2.24) is 10.2 Å². The molecule has 0 spiro atoms. The maximum atomic E-state index is 12.0. The standard InChI is InChI=1S/C12H20N2O2/c1-8-12(16)14(2)10(11(15)13-8)9-6-4-3-5-7-9/h8-10H,3-7H2,1-2H3,(H,13,15). The molecule has 0 bridgehead atoms. The zero-order valence-electron chi connectivity index (χ0n) is 10.0. The van der Waals surface area contributed by atoms with Crippen LogP contribution in [-0.2, 0) is 9.59 Å². The third-order valence-corrected chi connectivity index (χ3v) is 3.86. The van der Waals surface area contributed by atoms with Gasteiger partial charge in [-0.05, 0) is 25.7 Å². The monoisotopic (exact) mass is 224 g/mol. The van der Waals surface area contributed by atoms with E-state index in [1.165, 1.54) is 19.3 Å². The fourth-order valence-electron chi connectivity index (χ4n) is 2.96. The quantitative estimate of drug-likeness (QED) is 0.720. The molecule has 0 radical (unpaired) electrons. The number of nitrogens with one attached hydrogen (secondary N) is 1. The number of hydrogen-bond donors (Lipinski definition) is 1. The van der Waals surface area contributed by atoms with Gasteiger partial charge in [-0.15, -0.1) is 0 Å². The third kappa shape index (κ3) is 1.93. The summed E-state index contributed by atoms with van der Waals surface area (Å²) in [5, 5.41) is 2.78. The highest BCUT2D eigenvalue weighted by Gasteiger charge is 2.40. The van der Waals surface area contributed by atoms with Crippen molar-refractivity contribution >= 4 is 11.8 Å². The van der Waals surface area contributed by atoms with Crippen LogP contribution in [-0.4, -0.2) is 35.8 Å². The molecule has 1 heterocycles. The molecule has 2 aliphatic rings. The van der Waals surface area contributed by atoms with Gasteiger partial charge in [0.2, 0.25) is 11.8 Å². The van der Waals surface area contributed by atoms with Crippen LogP contribution in [0.5, 0.6) is 0 Å². The van der Waals surface area contributed by atoms with Gasteiger partial charge < -0.3 is 10.2 Å². The van der Waals surface area contributed by atoms with Gasteiger partial charge in [-0.2, -0.15) is 0 Å². The van der Waals surface area contributed by atoms with Gasteiger partial charge in [0.25, 0.3) is 0 Å². The minimum absolute atomic E-state index is 0.0292. The first-order valence-electron chi connectivity index (χ1n) is 6.18. The van der Waals surface area contributed by atoms with Gasteiger partial charge >= 0.3 is 0 Å². The first-order chi connectivity index (χ1) is 7.61. The van der Waals surface area contributed by atoms with Crippen LogP contribution in [0.15, 0.2) is 0 Å². The summed E-state index contributed by atoms with van der Waals surface area (Å²) in [6.07, 6.45) is 5.78. The molecule has 2 atom stereocenters. The van der Waals surface area contributed by atoms with Gasteiger partial charge in [-0.25, -0.2) is 0 Å². The Morgan fingerprint density at radius 1 is 1.19 bits per heavy atom. The van der Waals surface area contributed by atoms with E-state index in [4.69, 9.17) is 0 Å². The topological polar surface area (TPSA) is 49.4 Å². The van der Waals surface area contributed by atoms with E-state index in [2.05, 4.69) is 5.32 Å². The Bertz CT molecular complexity index is 297. The summed E-state index contributed by atoms with van der Waals surface area (Å²) in [7, 11) is 1.76. The summed E-state index contributed by atoms with van der Waals surface area (Å²) in [4.78, 5) is 25.4. The molecule has 1 saturated heterocycles. The highest BCUT2D eigenvalue weighted by atomic mass is 16.2. The summed E-state index contributed by atoms with van der Waals surface area (Å²) < 4.78 is 0. The zero-order valence-corrected chi connectivity index (χ0v) is 10.0. The second-order valence-corrected chi connectivity index (χ2v) is 5.02. The van der Waals surface area contributed by atoms with Crippen LogP contribution in [0.3, 0.4) is 0 Å². The fourth-order valence-corrected chi connectivity index (χ4v) is 2.96. The summed E-state index contributed by atoms with van der Waals surface area (Å²) in [5.74, 6) is 0.423. The molecule has 4 nitrogen and oxygen atoms in total. The Kier molecular flexibility index (Phi) is 3.17. The van der Waals surface area contributed by atoms with Gasteiger partial charge in [-0.1, -0.05) is 19.3 Å². The van der Waals surface area contributed by atoms with Crippen molar-refractivity contribution in [3.8, 4) is 0 Å². The van der Waals surface area contributed by atoms with Crippen molar-refractivity contribution in [2.24, 2.45) is 5.92 Å². The Morgan fingerprint density at radius 3 is 2.44 bits per heavy atom. The molecule has 2 fully saturated rings. The molecular formula is C12H20N2O2. The Morgan fingerprint density at radius 2 is 1.81 bits per heavy atom. The first kappa shape index (κ1) is 11.4. The van der Waals surface area contributed by atoms with Crippen molar-refractivity contribution < 1.29 is 9.59 Å². The average Bonchev–Trinajstić information content (AvgIpc) is 2.28. The SMILES string of the molecule is CC1NC(=O)C(C2CCCCC2)N(C)C1=O. The van der Waals surface area contributed by atoms with Crippen molar-refractivity contribution in [2.75, 3.05) is 7.05 Å². The largest absolute Gasteiger partial charge is 0.343 e. The molecule has 0 aromatic carbocycles. The van der Waals surface area contributed by atoms with Gasteiger partial charge in [0.15, 0.2) is 0 Å². The Labute approximate surface area is 96.4 Å². The summed E-state index contributed by atoms with van der Waals surface area (Å²) in [5.41, 5.74) is 0. The predicted octanol–water partition coefficient (Wildman–Crippen LogP) is 0.912. The number of likely N-dealkylation sites (N-methyl/N-ethyl adjacent to an activating group) is 1. The molecule has 2 rings (SSSR count). The Balaban J connectivity index is 2.12. The number of piperazine rings is 1. The highest BCUT2D eigenvalue weighted by molar-refractivity contribution is 5.96. The molecule has 0 aromatic heterocycles. The molecule has 1 aliphatic heterocycles. The van der Waals surface area contributed by atoms with Crippen LogP contribution < -0.4 is 5.32 Å². The summed E-state index contributed by atoms with van der Waals surface area (Å²) in [6, 6.07) is -0.596. The molecule has 2 unspecified atom stereocenters. The van der Waals surface area contributed by atoms with E-state index in [-0.39, 0.29) is 23.9 Å². The van der Waals surface area contributed by atoms with E-state index >= 15 is 0 Å². The van der Waals surface area contributed by atoms with Crippen LogP contribution in [0.25, 0.3) is 0 Å². The molecule has 1 aliphatic carbocycles. The number of carbonyl (C=O) groups excluding carboxylic acids is 2. The highest BCUT2D eigenvalue weighted by Crippen LogP contribution is 2.30. The number of rotatable bonds is 1. The normalized spacial score (nSPS) is 32.8. The third-order valence-electron chi connectivity index (χ3n) is 3.86. The maximum absolute atomic E-state index is 12.0. The lowest BCUT2D eigenvalue weighted by molar-refractivity contribution is -0.149. The second kappa shape index (κ2) is 4.44. The van der Waals surface area contributed by atoms with E-state index in [1.54, 1.807) is 18.9 Å². The van der Waals surface area contributed by atoms with Gasteiger partial charge in [0.1, 0.15) is 12.1 Å². The molecule has 0 aromatic rings. The van der Waals surface area contributed by atoms with E-state index in [9.17, 15) is 9.59 Å². The van der Waals surface area contributed by atoms with Crippen LogP contribution in [0.2, 0.25) is 0 Å². The van der Waals surface area contributed by atoms with Crippen molar-refractivity contribution in [2.45, 2.75) is 51.1 Å². The first-order valence-corrected chi connectivity index (χ1v) is 6.18. The molecule has 4 heteroatoms. The second-order valence-electron chi connectivity index (χ2n) is 5.02. The number of carbonyl (C=O) groups is 2. The number of nitrogens with zero attached hydrogens (tertiary/aromatic N) is 1. The molecule has 2 amide bonds. The van der Waals surface area contributed by atoms with Gasteiger partial charge in [-0.3, -0.25) is 9.59 Å².